The molecular formula is C26H18O6. The van der Waals surface area contributed by atoms with E-state index in [0.29, 0.717) is 22.6 Å². The van der Waals surface area contributed by atoms with Crippen molar-refractivity contribution >= 4 is 28.8 Å². The maximum absolute atomic E-state index is 12.7. The minimum absolute atomic E-state index is 0.0435. The minimum Gasteiger partial charge on any atom is -0.493 e. The fourth-order valence-electron chi connectivity index (χ4n) is 3.50. The standard InChI is InChI=1S/C26H18O6/c1-15-6-8-16(9-7-15)12-22-24(27)19-11-10-18(14-21(19)31-22)30-26(28)23-13-17-4-3-5-20(29-2)25(17)32-23/h3-14H,1-2H3/b22-12-. The summed E-state index contributed by atoms with van der Waals surface area (Å²) in [5.41, 5.74) is 2.87. The Kier molecular flexibility index (Phi) is 4.75. The van der Waals surface area contributed by atoms with Crippen molar-refractivity contribution in [3.05, 3.63) is 94.9 Å². The predicted octanol–water partition coefficient (Wildman–Crippen LogP) is 5.59. The highest BCUT2D eigenvalue weighted by atomic mass is 16.6. The van der Waals surface area contributed by atoms with E-state index in [-0.39, 0.29) is 23.1 Å². The third-order valence-electron chi connectivity index (χ3n) is 5.16. The van der Waals surface area contributed by atoms with E-state index in [2.05, 4.69) is 0 Å². The molecule has 0 atom stereocenters. The van der Waals surface area contributed by atoms with Gasteiger partial charge in [0.2, 0.25) is 11.5 Å². The third kappa shape index (κ3) is 3.52. The fraction of sp³-hybridized carbons (Fsp3) is 0.0769. The summed E-state index contributed by atoms with van der Waals surface area (Å²) < 4.78 is 22.1. The number of rotatable bonds is 4. The van der Waals surface area contributed by atoms with E-state index in [9.17, 15) is 9.59 Å². The SMILES string of the molecule is COc1cccc2cc(C(=O)Oc3ccc4c(c3)O/C(=C\c3ccc(C)cc3)C4=O)oc12. The highest BCUT2D eigenvalue weighted by molar-refractivity contribution is 6.14. The monoisotopic (exact) mass is 426 g/mol. The molecule has 0 fully saturated rings. The Morgan fingerprint density at radius 2 is 1.81 bits per heavy atom. The lowest BCUT2D eigenvalue weighted by Crippen LogP contribution is -2.07. The summed E-state index contributed by atoms with van der Waals surface area (Å²) in [5, 5.41) is 0.727. The molecule has 4 aromatic rings. The van der Waals surface area contributed by atoms with Crippen molar-refractivity contribution in [3.63, 3.8) is 0 Å². The number of ether oxygens (including phenoxy) is 3. The van der Waals surface area contributed by atoms with Crippen molar-refractivity contribution in [1.29, 1.82) is 0 Å². The summed E-state index contributed by atoms with van der Waals surface area (Å²) in [7, 11) is 1.53. The Hall–Kier alpha value is -4.32. The second kappa shape index (κ2) is 7.74. The molecule has 0 aliphatic carbocycles. The van der Waals surface area contributed by atoms with Crippen LogP contribution in [0.5, 0.6) is 17.2 Å². The van der Waals surface area contributed by atoms with Crippen molar-refractivity contribution in [3.8, 4) is 17.2 Å². The van der Waals surface area contributed by atoms with Gasteiger partial charge in [-0.1, -0.05) is 42.0 Å². The number of ketones is 1. The van der Waals surface area contributed by atoms with E-state index >= 15 is 0 Å². The lowest BCUT2D eigenvalue weighted by molar-refractivity contribution is 0.0703. The maximum atomic E-state index is 12.7. The number of hydrogen-bond acceptors (Lipinski definition) is 6. The summed E-state index contributed by atoms with van der Waals surface area (Å²) in [4.78, 5) is 25.3. The van der Waals surface area contributed by atoms with Crippen LogP contribution >= 0.6 is 0 Å². The number of carbonyl (C=O) groups excluding carboxylic acids is 2. The lowest BCUT2D eigenvalue weighted by Gasteiger charge is -2.04. The molecule has 6 nitrogen and oxygen atoms in total. The number of carbonyl (C=O) groups is 2. The number of hydrogen-bond donors (Lipinski definition) is 0. The molecule has 0 N–H and O–H groups in total. The molecule has 0 bridgehead atoms. The smallest absolute Gasteiger partial charge is 0.379 e. The molecule has 0 amide bonds. The van der Waals surface area contributed by atoms with Gasteiger partial charge in [0.1, 0.15) is 11.5 Å². The van der Waals surface area contributed by atoms with Crippen LogP contribution in [-0.2, 0) is 0 Å². The van der Waals surface area contributed by atoms with Gasteiger partial charge in [0, 0.05) is 11.5 Å². The second-order valence-electron chi connectivity index (χ2n) is 7.39. The van der Waals surface area contributed by atoms with E-state index < -0.39 is 5.97 Å². The Bertz CT molecular complexity index is 1390. The molecular weight excluding hydrogens is 408 g/mol. The van der Waals surface area contributed by atoms with Crippen LogP contribution in [0.2, 0.25) is 0 Å². The fourth-order valence-corrected chi connectivity index (χ4v) is 3.50. The zero-order valence-corrected chi connectivity index (χ0v) is 17.4. The van der Waals surface area contributed by atoms with Crippen molar-refractivity contribution in [2.24, 2.45) is 0 Å². The van der Waals surface area contributed by atoms with E-state index in [1.165, 1.54) is 13.2 Å². The first-order chi connectivity index (χ1) is 15.5. The number of esters is 1. The largest absolute Gasteiger partial charge is 0.493 e. The summed E-state index contributed by atoms with van der Waals surface area (Å²) in [6.45, 7) is 1.99. The summed E-state index contributed by atoms with van der Waals surface area (Å²) in [5.74, 6) is 0.485. The van der Waals surface area contributed by atoms with Gasteiger partial charge in [0.05, 0.1) is 12.7 Å². The molecule has 32 heavy (non-hydrogen) atoms. The van der Waals surface area contributed by atoms with Crippen molar-refractivity contribution in [2.75, 3.05) is 7.11 Å². The number of methoxy groups -OCH3 is 1. The predicted molar refractivity (Wildman–Crippen MR) is 118 cm³/mol. The van der Waals surface area contributed by atoms with Gasteiger partial charge in [0.15, 0.2) is 17.1 Å². The van der Waals surface area contributed by atoms with Crippen LogP contribution in [0.15, 0.2) is 76.9 Å². The molecule has 0 spiro atoms. The van der Waals surface area contributed by atoms with Gasteiger partial charge in [0.25, 0.3) is 0 Å². The van der Waals surface area contributed by atoms with Gasteiger partial charge in [-0.15, -0.1) is 0 Å². The Morgan fingerprint density at radius 3 is 2.59 bits per heavy atom. The molecule has 5 rings (SSSR count). The number of Topliss-reactive ketones (excluding diaryl/α,β-unsaturated/α-hetero) is 1. The lowest BCUT2D eigenvalue weighted by atomic mass is 10.1. The van der Waals surface area contributed by atoms with E-state index in [4.69, 9.17) is 18.6 Å². The van der Waals surface area contributed by atoms with Crippen LogP contribution in [-0.4, -0.2) is 18.9 Å². The van der Waals surface area contributed by atoms with Crippen LogP contribution < -0.4 is 14.2 Å². The van der Waals surface area contributed by atoms with Gasteiger partial charge >= 0.3 is 5.97 Å². The number of fused-ring (bicyclic) bond motifs is 2. The second-order valence-corrected chi connectivity index (χ2v) is 7.39. The van der Waals surface area contributed by atoms with Gasteiger partial charge in [-0.3, -0.25) is 4.79 Å². The van der Waals surface area contributed by atoms with Gasteiger partial charge < -0.3 is 18.6 Å². The zero-order valence-electron chi connectivity index (χ0n) is 17.4. The van der Waals surface area contributed by atoms with Gasteiger partial charge in [-0.25, -0.2) is 4.79 Å². The van der Waals surface area contributed by atoms with Crippen molar-refractivity contribution < 1.29 is 28.2 Å². The van der Waals surface area contributed by atoms with Crippen LogP contribution in [0, 0.1) is 6.92 Å². The highest BCUT2D eigenvalue weighted by Crippen LogP contribution is 2.35. The minimum atomic E-state index is -0.664. The molecule has 0 saturated heterocycles. The van der Waals surface area contributed by atoms with Crippen LogP contribution in [0.3, 0.4) is 0 Å². The average molecular weight is 426 g/mol. The molecule has 1 aromatic heterocycles. The summed E-state index contributed by atoms with van der Waals surface area (Å²) >= 11 is 0. The van der Waals surface area contributed by atoms with Crippen LogP contribution in [0.1, 0.15) is 32.0 Å². The molecule has 158 valence electrons. The normalized spacial score (nSPS) is 13.8. The third-order valence-corrected chi connectivity index (χ3v) is 5.16. The number of allylic oxidation sites excluding steroid dienone is 1. The van der Waals surface area contributed by atoms with Crippen LogP contribution in [0.4, 0.5) is 0 Å². The van der Waals surface area contributed by atoms with Crippen molar-refractivity contribution in [2.45, 2.75) is 6.92 Å². The first kappa shape index (κ1) is 19.6. The number of para-hydroxylation sites is 1. The Labute approximate surface area is 183 Å². The summed E-state index contributed by atoms with van der Waals surface area (Å²) in [6.07, 6.45) is 1.69. The zero-order chi connectivity index (χ0) is 22.2. The van der Waals surface area contributed by atoms with E-state index in [1.807, 2.05) is 43.3 Å². The first-order valence-electron chi connectivity index (χ1n) is 9.95. The quantitative estimate of drug-likeness (QED) is 0.241. The highest BCUT2D eigenvalue weighted by Gasteiger charge is 2.28. The molecule has 1 aliphatic rings. The van der Waals surface area contributed by atoms with Crippen molar-refractivity contribution in [1.82, 2.24) is 0 Å². The van der Waals surface area contributed by atoms with Crippen LogP contribution in [0.25, 0.3) is 17.0 Å². The molecule has 0 radical (unpaired) electrons. The first-order valence-corrected chi connectivity index (χ1v) is 9.95. The number of furan rings is 1. The topological polar surface area (TPSA) is 75.0 Å². The van der Waals surface area contributed by atoms with E-state index in [1.54, 1.807) is 30.3 Å². The molecule has 2 heterocycles. The molecule has 6 heteroatoms. The molecule has 0 unspecified atom stereocenters. The molecule has 1 aliphatic heterocycles. The summed E-state index contributed by atoms with van der Waals surface area (Å²) in [6, 6.07) is 19.4. The number of benzene rings is 3. The Morgan fingerprint density at radius 1 is 1.00 bits per heavy atom. The van der Waals surface area contributed by atoms with Gasteiger partial charge in [-0.05, 0) is 42.8 Å². The number of aryl methyl sites for hydroxylation is 1. The maximum Gasteiger partial charge on any atom is 0.379 e. The molecule has 0 saturated carbocycles. The average Bonchev–Trinajstić information content (AvgIpc) is 3.36. The Balaban J connectivity index is 1.37. The van der Waals surface area contributed by atoms with Gasteiger partial charge in [-0.2, -0.15) is 0 Å². The molecule has 3 aromatic carbocycles. The van der Waals surface area contributed by atoms with E-state index in [0.717, 1.165) is 16.5 Å².